The molecule has 2 nitrogen and oxygen atoms in total. The number of hydrogen-bond acceptors (Lipinski definition) is 2. The van der Waals surface area contributed by atoms with Crippen molar-refractivity contribution in [3.8, 4) is 11.8 Å². The van der Waals surface area contributed by atoms with Crippen LogP contribution in [0.25, 0.3) is 0 Å². The third kappa shape index (κ3) is 2.12. The maximum Gasteiger partial charge on any atom is 0.174 e. The molecule has 0 spiro atoms. The van der Waals surface area contributed by atoms with E-state index in [-0.39, 0.29) is 6.61 Å². The zero-order valence-electron chi connectivity index (χ0n) is 7.90. The predicted molar refractivity (Wildman–Crippen MR) is 57.0 cm³/mol. The molecule has 74 valence electrons. The summed E-state index contributed by atoms with van der Waals surface area (Å²) < 4.78 is 5.15. The van der Waals surface area contributed by atoms with Gasteiger partial charge in [0.2, 0.25) is 0 Å². The highest BCUT2D eigenvalue weighted by Gasteiger charge is 2.10. The van der Waals surface area contributed by atoms with Crippen molar-refractivity contribution in [2.75, 3.05) is 6.61 Å². The van der Waals surface area contributed by atoms with Gasteiger partial charge >= 0.3 is 0 Å². The third-order valence-electron chi connectivity index (χ3n) is 1.86. The van der Waals surface area contributed by atoms with Crippen molar-refractivity contribution >= 4 is 23.2 Å². The zero-order valence-corrected chi connectivity index (χ0v) is 9.41. The Morgan fingerprint density at radius 3 is 2.57 bits per heavy atom. The molecule has 0 heterocycles. The first-order chi connectivity index (χ1) is 6.57. The first-order valence-corrected chi connectivity index (χ1v) is 4.78. The second-order valence-electron chi connectivity index (χ2n) is 2.89. The molecular formula is C10H9Cl2NO. The Hall–Kier alpha value is -0.910. The molecule has 0 aliphatic carbocycles. The molecule has 0 fully saturated rings. The first kappa shape index (κ1) is 11.2. The Kier molecular flexibility index (Phi) is 3.62. The van der Waals surface area contributed by atoms with Crippen LogP contribution in [0.15, 0.2) is 6.07 Å². The Morgan fingerprint density at radius 1 is 1.36 bits per heavy atom. The number of nitriles is 1. The summed E-state index contributed by atoms with van der Waals surface area (Å²) in [7, 11) is 0. The van der Waals surface area contributed by atoms with Gasteiger partial charge in [-0.05, 0) is 31.0 Å². The third-order valence-corrected chi connectivity index (χ3v) is 2.91. The van der Waals surface area contributed by atoms with Gasteiger partial charge in [0.1, 0.15) is 11.8 Å². The average Bonchev–Trinajstić information content (AvgIpc) is 2.18. The summed E-state index contributed by atoms with van der Waals surface area (Å²) in [5.74, 6) is 0.507. The number of aryl methyl sites for hydroxylation is 1. The summed E-state index contributed by atoms with van der Waals surface area (Å²) in [6.45, 7) is 3.67. The lowest BCUT2D eigenvalue weighted by Crippen LogP contribution is -1.96. The molecule has 1 aromatic rings. The van der Waals surface area contributed by atoms with Crippen molar-refractivity contribution in [1.29, 1.82) is 5.26 Å². The van der Waals surface area contributed by atoms with Gasteiger partial charge in [0.05, 0.1) is 5.02 Å². The highest BCUT2D eigenvalue weighted by atomic mass is 35.5. The minimum absolute atomic E-state index is 0.0137. The van der Waals surface area contributed by atoms with Crippen molar-refractivity contribution in [1.82, 2.24) is 0 Å². The van der Waals surface area contributed by atoms with Crippen LogP contribution in [0.5, 0.6) is 5.75 Å². The molecule has 0 saturated heterocycles. The van der Waals surface area contributed by atoms with Crippen LogP contribution in [-0.4, -0.2) is 6.61 Å². The van der Waals surface area contributed by atoms with E-state index in [0.29, 0.717) is 15.8 Å². The highest BCUT2D eigenvalue weighted by Crippen LogP contribution is 2.35. The molecule has 0 aromatic heterocycles. The Morgan fingerprint density at radius 2 is 2.00 bits per heavy atom. The van der Waals surface area contributed by atoms with E-state index < -0.39 is 0 Å². The summed E-state index contributed by atoms with van der Waals surface area (Å²) in [4.78, 5) is 0. The SMILES string of the molecule is Cc1cc(OCC#N)c(Cl)c(C)c1Cl. The second kappa shape index (κ2) is 4.54. The number of halogens is 2. The fourth-order valence-electron chi connectivity index (χ4n) is 1.12. The minimum atomic E-state index is -0.0137. The van der Waals surface area contributed by atoms with Crippen molar-refractivity contribution in [3.63, 3.8) is 0 Å². The standard InChI is InChI=1S/C10H9Cl2NO/c1-6-5-8(14-4-3-13)10(12)7(2)9(6)11/h5H,4H2,1-2H3. The zero-order chi connectivity index (χ0) is 10.7. The van der Waals surface area contributed by atoms with Crippen LogP contribution in [0, 0.1) is 25.2 Å². The molecule has 0 bridgehead atoms. The molecule has 0 radical (unpaired) electrons. The molecule has 14 heavy (non-hydrogen) atoms. The Bertz CT molecular complexity index is 396. The monoisotopic (exact) mass is 229 g/mol. The van der Waals surface area contributed by atoms with Crippen molar-refractivity contribution in [2.45, 2.75) is 13.8 Å². The van der Waals surface area contributed by atoms with Gasteiger partial charge in [-0.15, -0.1) is 0 Å². The Balaban J connectivity index is 3.14. The summed E-state index contributed by atoms with van der Waals surface area (Å²) in [5.41, 5.74) is 1.67. The lowest BCUT2D eigenvalue weighted by Gasteiger charge is -2.10. The van der Waals surface area contributed by atoms with Crippen molar-refractivity contribution in [2.24, 2.45) is 0 Å². The maximum atomic E-state index is 8.37. The number of nitrogens with zero attached hydrogens (tertiary/aromatic N) is 1. The van der Waals surface area contributed by atoms with E-state index in [1.807, 2.05) is 19.9 Å². The summed E-state index contributed by atoms with van der Waals surface area (Å²) in [6, 6.07) is 3.61. The molecular weight excluding hydrogens is 221 g/mol. The predicted octanol–water partition coefficient (Wildman–Crippen LogP) is 3.51. The fraction of sp³-hybridized carbons (Fsp3) is 0.300. The number of rotatable bonds is 2. The molecule has 0 unspecified atom stereocenters. The van der Waals surface area contributed by atoms with Gasteiger partial charge < -0.3 is 4.74 Å². The number of ether oxygens (including phenoxy) is 1. The molecule has 0 N–H and O–H groups in total. The first-order valence-electron chi connectivity index (χ1n) is 4.03. The van der Waals surface area contributed by atoms with Crippen LogP contribution in [0.1, 0.15) is 11.1 Å². The summed E-state index contributed by atoms with van der Waals surface area (Å²) in [6.07, 6.45) is 0. The van der Waals surface area contributed by atoms with E-state index in [9.17, 15) is 0 Å². The molecule has 0 amide bonds. The van der Waals surface area contributed by atoms with Gasteiger partial charge in [-0.1, -0.05) is 23.2 Å². The van der Waals surface area contributed by atoms with Gasteiger partial charge in [0.15, 0.2) is 6.61 Å². The molecule has 0 saturated carbocycles. The van der Waals surface area contributed by atoms with Crippen LogP contribution < -0.4 is 4.74 Å². The van der Waals surface area contributed by atoms with E-state index >= 15 is 0 Å². The normalized spacial score (nSPS) is 9.64. The van der Waals surface area contributed by atoms with E-state index in [1.165, 1.54) is 0 Å². The lowest BCUT2D eigenvalue weighted by atomic mass is 10.1. The molecule has 0 aliphatic rings. The second-order valence-corrected chi connectivity index (χ2v) is 3.65. The van der Waals surface area contributed by atoms with Crippen molar-refractivity contribution in [3.05, 3.63) is 27.2 Å². The smallest absolute Gasteiger partial charge is 0.174 e. The van der Waals surface area contributed by atoms with Gasteiger partial charge in [0.25, 0.3) is 0 Å². The maximum absolute atomic E-state index is 8.37. The molecule has 1 rings (SSSR count). The highest BCUT2D eigenvalue weighted by molar-refractivity contribution is 6.37. The van der Waals surface area contributed by atoms with Gasteiger partial charge in [-0.25, -0.2) is 0 Å². The quantitative estimate of drug-likeness (QED) is 0.778. The fourth-order valence-corrected chi connectivity index (χ4v) is 1.52. The van der Waals surface area contributed by atoms with Crippen LogP contribution in [0.4, 0.5) is 0 Å². The Labute approximate surface area is 93.0 Å². The molecule has 0 atom stereocenters. The largest absolute Gasteiger partial charge is 0.477 e. The molecule has 1 aromatic carbocycles. The van der Waals surface area contributed by atoms with Crippen LogP contribution in [0.3, 0.4) is 0 Å². The van der Waals surface area contributed by atoms with Gasteiger partial charge in [-0.3, -0.25) is 0 Å². The van der Waals surface area contributed by atoms with E-state index in [4.69, 9.17) is 33.2 Å². The van der Waals surface area contributed by atoms with Crippen LogP contribution in [0.2, 0.25) is 10.0 Å². The summed E-state index contributed by atoms with van der Waals surface area (Å²) >= 11 is 12.0. The minimum Gasteiger partial charge on any atom is -0.477 e. The number of hydrogen-bond donors (Lipinski definition) is 0. The topological polar surface area (TPSA) is 33.0 Å². The number of benzene rings is 1. The van der Waals surface area contributed by atoms with Crippen LogP contribution >= 0.6 is 23.2 Å². The lowest BCUT2D eigenvalue weighted by molar-refractivity contribution is 0.368. The molecule has 4 heteroatoms. The van der Waals surface area contributed by atoms with Gasteiger partial charge in [-0.2, -0.15) is 5.26 Å². The van der Waals surface area contributed by atoms with Crippen molar-refractivity contribution < 1.29 is 4.74 Å². The molecule has 0 aliphatic heterocycles. The van der Waals surface area contributed by atoms with Gasteiger partial charge in [0, 0.05) is 5.02 Å². The van der Waals surface area contributed by atoms with E-state index in [2.05, 4.69) is 0 Å². The summed E-state index contributed by atoms with van der Waals surface area (Å²) in [5, 5.41) is 9.47. The van der Waals surface area contributed by atoms with Crippen LogP contribution in [-0.2, 0) is 0 Å². The average molecular weight is 230 g/mol. The van der Waals surface area contributed by atoms with E-state index in [1.54, 1.807) is 6.07 Å². The van der Waals surface area contributed by atoms with E-state index in [0.717, 1.165) is 11.1 Å².